The van der Waals surface area contributed by atoms with E-state index in [9.17, 15) is 8.42 Å². The summed E-state index contributed by atoms with van der Waals surface area (Å²) >= 11 is 0. The lowest BCUT2D eigenvalue weighted by Gasteiger charge is -2.04. The van der Waals surface area contributed by atoms with Crippen LogP contribution in [0.1, 0.15) is 11.1 Å². The smallest absolute Gasteiger partial charge is 0.238 e. The highest BCUT2D eigenvalue weighted by Crippen LogP contribution is 2.08. The number of hydrogen-bond donors (Lipinski definition) is 2. The van der Waals surface area contributed by atoms with Crippen molar-refractivity contribution in [2.24, 2.45) is 5.14 Å². The quantitative estimate of drug-likeness (QED) is 0.769. The SMILES string of the molecule is NS(=O)(=O)c1ccc(CCNC/C=C\c2ccccc2)cc1. The van der Waals surface area contributed by atoms with Crippen LogP contribution in [-0.2, 0) is 16.4 Å². The van der Waals surface area contributed by atoms with E-state index >= 15 is 0 Å². The number of primary sulfonamides is 1. The maximum atomic E-state index is 11.2. The Labute approximate surface area is 131 Å². The summed E-state index contributed by atoms with van der Waals surface area (Å²) < 4.78 is 22.3. The second kappa shape index (κ2) is 7.89. The second-order valence-corrected chi connectivity index (χ2v) is 6.52. The molecule has 0 radical (unpaired) electrons. The van der Waals surface area contributed by atoms with Gasteiger partial charge in [0.1, 0.15) is 0 Å². The van der Waals surface area contributed by atoms with Crippen molar-refractivity contribution >= 4 is 16.1 Å². The Balaban J connectivity index is 1.72. The standard InChI is InChI=1S/C17H20N2O2S/c18-22(20,21)17-10-8-16(9-11-17)12-14-19-13-4-7-15-5-2-1-3-6-15/h1-11,19H,12-14H2,(H2,18,20,21)/b7-4-. The van der Waals surface area contributed by atoms with Crippen molar-refractivity contribution in [1.82, 2.24) is 5.32 Å². The zero-order valence-corrected chi connectivity index (χ0v) is 13.1. The minimum absolute atomic E-state index is 0.148. The molecule has 0 aliphatic carbocycles. The lowest BCUT2D eigenvalue weighted by atomic mass is 10.1. The number of sulfonamides is 1. The van der Waals surface area contributed by atoms with Gasteiger partial charge in [-0.1, -0.05) is 54.6 Å². The molecule has 0 spiro atoms. The van der Waals surface area contributed by atoms with Gasteiger partial charge in [0, 0.05) is 6.54 Å². The molecule has 0 amide bonds. The minimum Gasteiger partial charge on any atom is -0.313 e. The minimum atomic E-state index is -3.60. The summed E-state index contributed by atoms with van der Waals surface area (Å²) in [5, 5.41) is 8.38. The predicted molar refractivity (Wildman–Crippen MR) is 89.9 cm³/mol. The van der Waals surface area contributed by atoms with Crippen molar-refractivity contribution in [3.05, 3.63) is 71.8 Å². The van der Waals surface area contributed by atoms with Gasteiger partial charge in [0.25, 0.3) is 0 Å². The molecule has 0 unspecified atom stereocenters. The van der Waals surface area contributed by atoms with Gasteiger partial charge < -0.3 is 5.32 Å². The molecule has 2 rings (SSSR count). The van der Waals surface area contributed by atoms with Gasteiger partial charge >= 0.3 is 0 Å². The first kappa shape index (κ1) is 16.4. The molecular weight excluding hydrogens is 296 g/mol. The largest absolute Gasteiger partial charge is 0.313 e. The number of nitrogens with one attached hydrogen (secondary N) is 1. The average molecular weight is 316 g/mol. The molecule has 0 bridgehead atoms. The van der Waals surface area contributed by atoms with Crippen molar-refractivity contribution in [2.75, 3.05) is 13.1 Å². The number of rotatable bonds is 7. The Kier molecular flexibility index (Phi) is 5.89. The lowest BCUT2D eigenvalue weighted by Crippen LogP contribution is -2.17. The lowest BCUT2D eigenvalue weighted by molar-refractivity contribution is 0.597. The van der Waals surface area contributed by atoms with Crippen LogP contribution in [0.25, 0.3) is 6.08 Å². The summed E-state index contributed by atoms with van der Waals surface area (Å²) in [5.74, 6) is 0. The molecule has 0 saturated carbocycles. The first-order chi connectivity index (χ1) is 10.6. The van der Waals surface area contributed by atoms with Gasteiger partial charge in [-0.15, -0.1) is 0 Å². The van der Waals surface area contributed by atoms with Crippen LogP contribution in [0.15, 0.2) is 65.6 Å². The Morgan fingerprint density at radius 3 is 2.32 bits per heavy atom. The second-order valence-electron chi connectivity index (χ2n) is 4.96. The summed E-state index contributed by atoms with van der Waals surface area (Å²) in [7, 11) is -3.60. The van der Waals surface area contributed by atoms with Crippen molar-refractivity contribution < 1.29 is 8.42 Å². The van der Waals surface area contributed by atoms with Crippen LogP contribution in [0.2, 0.25) is 0 Å². The molecule has 116 valence electrons. The molecule has 3 N–H and O–H groups in total. The zero-order chi connectivity index (χ0) is 15.8. The molecule has 0 saturated heterocycles. The Bertz CT molecular complexity index is 708. The maximum Gasteiger partial charge on any atom is 0.238 e. The van der Waals surface area contributed by atoms with Gasteiger partial charge in [0.15, 0.2) is 0 Å². The van der Waals surface area contributed by atoms with Crippen LogP contribution >= 0.6 is 0 Å². The summed E-state index contributed by atoms with van der Waals surface area (Å²) in [6.07, 6.45) is 5.00. The van der Waals surface area contributed by atoms with E-state index < -0.39 is 10.0 Å². The van der Waals surface area contributed by atoms with E-state index in [0.29, 0.717) is 0 Å². The monoisotopic (exact) mass is 316 g/mol. The molecule has 2 aromatic rings. The molecule has 0 aromatic heterocycles. The fourth-order valence-electron chi connectivity index (χ4n) is 2.02. The summed E-state index contributed by atoms with van der Waals surface area (Å²) in [4.78, 5) is 0.148. The number of benzene rings is 2. The fraction of sp³-hybridized carbons (Fsp3) is 0.176. The summed E-state index contributed by atoms with van der Waals surface area (Å²) in [6, 6.07) is 16.8. The zero-order valence-electron chi connectivity index (χ0n) is 12.3. The highest BCUT2D eigenvalue weighted by molar-refractivity contribution is 7.89. The molecule has 0 aliphatic rings. The third-order valence-corrected chi connectivity index (χ3v) is 4.14. The van der Waals surface area contributed by atoms with Crippen LogP contribution in [0.5, 0.6) is 0 Å². The molecule has 5 heteroatoms. The molecule has 0 atom stereocenters. The highest BCUT2D eigenvalue weighted by Gasteiger charge is 2.06. The fourth-order valence-corrected chi connectivity index (χ4v) is 2.54. The molecule has 22 heavy (non-hydrogen) atoms. The van der Waals surface area contributed by atoms with E-state index in [1.807, 2.05) is 18.2 Å². The first-order valence-electron chi connectivity index (χ1n) is 7.10. The van der Waals surface area contributed by atoms with Gasteiger partial charge in [0.05, 0.1) is 4.90 Å². The van der Waals surface area contributed by atoms with Gasteiger partial charge in [-0.2, -0.15) is 0 Å². The van der Waals surface area contributed by atoms with Gasteiger partial charge in [-0.3, -0.25) is 0 Å². The van der Waals surface area contributed by atoms with Crippen molar-refractivity contribution in [1.29, 1.82) is 0 Å². The van der Waals surface area contributed by atoms with Gasteiger partial charge in [0.2, 0.25) is 10.0 Å². The van der Waals surface area contributed by atoms with E-state index in [0.717, 1.165) is 25.1 Å². The van der Waals surface area contributed by atoms with Gasteiger partial charge in [-0.25, -0.2) is 13.6 Å². The average Bonchev–Trinajstić information content (AvgIpc) is 2.51. The topological polar surface area (TPSA) is 72.2 Å². The third kappa shape index (κ3) is 5.44. The third-order valence-electron chi connectivity index (χ3n) is 3.21. The molecular formula is C17H20N2O2S. The van der Waals surface area contributed by atoms with E-state index in [1.165, 1.54) is 5.56 Å². The van der Waals surface area contributed by atoms with E-state index in [1.54, 1.807) is 24.3 Å². The number of nitrogens with two attached hydrogens (primary N) is 1. The van der Waals surface area contributed by atoms with E-state index in [4.69, 9.17) is 5.14 Å². The Morgan fingerprint density at radius 2 is 1.68 bits per heavy atom. The molecule has 0 heterocycles. The molecule has 0 fully saturated rings. The molecule has 4 nitrogen and oxygen atoms in total. The van der Waals surface area contributed by atoms with Crippen LogP contribution in [0, 0.1) is 0 Å². The number of hydrogen-bond acceptors (Lipinski definition) is 3. The van der Waals surface area contributed by atoms with Crippen LogP contribution in [0.3, 0.4) is 0 Å². The van der Waals surface area contributed by atoms with Crippen molar-refractivity contribution in [3.8, 4) is 0 Å². The van der Waals surface area contributed by atoms with Crippen LogP contribution < -0.4 is 10.5 Å². The van der Waals surface area contributed by atoms with E-state index in [2.05, 4.69) is 29.6 Å². The highest BCUT2D eigenvalue weighted by atomic mass is 32.2. The molecule has 0 aliphatic heterocycles. The molecule has 2 aromatic carbocycles. The normalized spacial score (nSPS) is 11.9. The van der Waals surface area contributed by atoms with Crippen LogP contribution in [0.4, 0.5) is 0 Å². The van der Waals surface area contributed by atoms with Crippen molar-refractivity contribution in [3.63, 3.8) is 0 Å². The first-order valence-corrected chi connectivity index (χ1v) is 8.64. The Morgan fingerprint density at radius 1 is 1.00 bits per heavy atom. The predicted octanol–water partition coefficient (Wildman–Crippen LogP) is 2.18. The van der Waals surface area contributed by atoms with E-state index in [-0.39, 0.29) is 4.90 Å². The summed E-state index contributed by atoms with van der Waals surface area (Å²) in [6.45, 7) is 1.62. The van der Waals surface area contributed by atoms with Gasteiger partial charge in [-0.05, 0) is 36.2 Å². The Hall–Kier alpha value is -1.95. The van der Waals surface area contributed by atoms with Crippen LogP contribution in [-0.4, -0.2) is 21.5 Å². The maximum absolute atomic E-state index is 11.2. The van der Waals surface area contributed by atoms with Crippen molar-refractivity contribution in [2.45, 2.75) is 11.3 Å². The summed E-state index contributed by atoms with van der Waals surface area (Å²) in [5.41, 5.74) is 2.26.